The number of rotatable bonds is 6. The maximum atomic E-state index is 10.7. The number of quaternary nitrogens is 1. The minimum Gasteiger partial charge on any atom is -0.481 e. The lowest BCUT2D eigenvalue weighted by Gasteiger charge is -2.34. The van der Waals surface area contributed by atoms with Gasteiger partial charge in [0.05, 0.1) is 27.6 Å². The third-order valence-corrected chi connectivity index (χ3v) is 1.98. The van der Waals surface area contributed by atoms with E-state index in [0.29, 0.717) is 17.4 Å². The van der Waals surface area contributed by atoms with Crippen LogP contribution in [-0.2, 0) is 4.79 Å². The summed E-state index contributed by atoms with van der Waals surface area (Å²) in [6, 6.07) is 0. The van der Waals surface area contributed by atoms with E-state index in [0.717, 1.165) is 0 Å². The van der Waals surface area contributed by atoms with Gasteiger partial charge in [-0.1, -0.05) is 12.2 Å². The van der Waals surface area contributed by atoms with Gasteiger partial charge in [-0.15, -0.1) is 0 Å². The highest BCUT2D eigenvalue weighted by Crippen LogP contribution is 2.19. The third-order valence-electron chi connectivity index (χ3n) is 1.98. The predicted molar refractivity (Wildman–Crippen MR) is 59.5 cm³/mol. The highest BCUT2D eigenvalue weighted by Gasteiger charge is 2.34. The molecule has 1 atom stereocenters. The number of aliphatic hydroxyl groups is 1. The SMILES string of the molecule is CC=CCC(O)(CC(=O)O)C[N+](C)(C)C. The van der Waals surface area contributed by atoms with Crippen molar-refractivity contribution < 1.29 is 19.5 Å². The van der Waals surface area contributed by atoms with Crippen molar-refractivity contribution in [2.24, 2.45) is 0 Å². The summed E-state index contributed by atoms with van der Waals surface area (Å²) >= 11 is 0. The van der Waals surface area contributed by atoms with Crippen LogP contribution >= 0.6 is 0 Å². The molecule has 0 saturated carbocycles. The molecule has 15 heavy (non-hydrogen) atoms. The van der Waals surface area contributed by atoms with Crippen LogP contribution in [0.4, 0.5) is 0 Å². The Morgan fingerprint density at radius 3 is 2.27 bits per heavy atom. The molecule has 0 aromatic rings. The Hall–Kier alpha value is -0.870. The Labute approximate surface area is 91.4 Å². The van der Waals surface area contributed by atoms with Gasteiger partial charge in [-0.25, -0.2) is 0 Å². The number of hydrogen-bond donors (Lipinski definition) is 2. The van der Waals surface area contributed by atoms with E-state index in [1.807, 2.05) is 34.1 Å². The van der Waals surface area contributed by atoms with Crippen molar-refractivity contribution >= 4 is 5.97 Å². The maximum Gasteiger partial charge on any atom is 0.306 e. The second-order valence-corrected chi connectivity index (χ2v) is 5.02. The second-order valence-electron chi connectivity index (χ2n) is 5.02. The molecule has 0 radical (unpaired) electrons. The lowest BCUT2D eigenvalue weighted by molar-refractivity contribution is -0.877. The van der Waals surface area contributed by atoms with Crippen molar-refractivity contribution in [1.29, 1.82) is 0 Å². The minimum absolute atomic E-state index is 0.215. The third kappa shape index (κ3) is 7.11. The van der Waals surface area contributed by atoms with Crippen molar-refractivity contribution in [3.05, 3.63) is 12.2 Å². The molecule has 0 aliphatic heterocycles. The molecule has 0 amide bonds. The molecule has 0 aliphatic carbocycles. The Balaban J connectivity index is 4.61. The Bertz CT molecular complexity index is 243. The number of carboxylic acids is 1. The fraction of sp³-hybridized carbons (Fsp3) is 0.727. The number of carbonyl (C=O) groups is 1. The predicted octanol–water partition coefficient (Wildman–Crippen LogP) is 0.865. The number of allylic oxidation sites excluding steroid dienone is 1. The molecule has 4 nitrogen and oxygen atoms in total. The van der Waals surface area contributed by atoms with Crippen LogP contribution in [0.25, 0.3) is 0 Å². The van der Waals surface area contributed by atoms with Crippen molar-refractivity contribution in [2.75, 3.05) is 27.7 Å². The molecule has 88 valence electrons. The molecule has 0 rings (SSSR count). The first kappa shape index (κ1) is 14.1. The smallest absolute Gasteiger partial charge is 0.306 e. The first-order chi connectivity index (χ1) is 6.68. The van der Waals surface area contributed by atoms with Gasteiger partial charge in [0.2, 0.25) is 0 Å². The molecule has 0 aliphatic rings. The molecule has 0 spiro atoms. The van der Waals surface area contributed by atoms with E-state index in [1.165, 1.54) is 0 Å². The van der Waals surface area contributed by atoms with Gasteiger partial charge < -0.3 is 14.7 Å². The van der Waals surface area contributed by atoms with Gasteiger partial charge in [-0.3, -0.25) is 4.79 Å². The molecule has 0 aromatic heterocycles. The first-order valence-corrected chi connectivity index (χ1v) is 5.04. The quantitative estimate of drug-likeness (QED) is 0.511. The lowest BCUT2D eigenvalue weighted by atomic mass is 9.94. The normalized spacial score (nSPS) is 16.6. The molecule has 4 heteroatoms. The molecule has 0 heterocycles. The van der Waals surface area contributed by atoms with Gasteiger partial charge in [0, 0.05) is 6.42 Å². The van der Waals surface area contributed by atoms with Gasteiger partial charge in [0.15, 0.2) is 0 Å². The van der Waals surface area contributed by atoms with E-state index >= 15 is 0 Å². The fourth-order valence-corrected chi connectivity index (χ4v) is 1.69. The van der Waals surface area contributed by atoms with Gasteiger partial charge >= 0.3 is 5.97 Å². The average Bonchev–Trinajstić information content (AvgIpc) is 1.95. The van der Waals surface area contributed by atoms with Crippen LogP contribution in [0.5, 0.6) is 0 Å². The summed E-state index contributed by atoms with van der Waals surface area (Å²) in [6.07, 6.45) is 3.79. The molecule has 0 aromatic carbocycles. The minimum atomic E-state index is -1.16. The van der Waals surface area contributed by atoms with Crippen molar-refractivity contribution in [3.8, 4) is 0 Å². The number of aliphatic carboxylic acids is 1. The average molecular weight is 216 g/mol. The van der Waals surface area contributed by atoms with Crippen LogP contribution in [0.15, 0.2) is 12.2 Å². The summed E-state index contributed by atoms with van der Waals surface area (Å²) in [7, 11) is 5.80. The van der Waals surface area contributed by atoms with Crippen LogP contribution in [-0.4, -0.2) is 54.0 Å². The van der Waals surface area contributed by atoms with E-state index in [2.05, 4.69) is 0 Å². The van der Waals surface area contributed by atoms with Gasteiger partial charge in [-0.2, -0.15) is 0 Å². The summed E-state index contributed by atoms with van der Waals surface area (Å²) in [5.74, 6) is -0.963. The molecular weight excluding hydrogens is 194 g/mol. The monoisotopic (exact) mass is 216 g/mol. The topological polar surface area (TPSA) is 57.5 Å². The van der Waals surface area contributed by atoms with Crippen LogP contribution in [0.3, 0.4) is 0 Å². The van der Waals surface area contributed by atoms with E-state index < -0.39 is 11.6 Å². The van der Waals surface area contributed by atoms with Crippen molar-refractivity contribution in [1.82, 2.24) is 0 Å². The molecular formula is C11H22NO3+. The highest BCUT2D eigenvalue weighted by atomic mass is 16.4. The van der Waals surface area contributed by atoms with Gasteiger partial charge in [-0.05, 0) is 6.92 Å². The lowest BCUT2D eigenvalue weighted by Crippen LogP contribution is -2.50. The summed E-state index contributed by atoms with van der Waals surface area (Å²) in [6.45, 7) is 2.27. The van der Waals surface area contributed by atoms with E-state index in [-0.39, 0.29) is 6.42 Å². The zero-order valence-electron chi connectivity index (χ0n) is 10.0. The summed E-state index contributed by atoms with van der Waals surface area (Å²) in [5.41, 5.74) is -1.16. The van der Waals surface area contributed by atoms with Crippen LogP contribution in [0.2, 0.25) is 0 Å². The summed E-state index contributed by atoms with van der Waals surface area (Å²) < 4.78 is 0.543. The Kier molecular flexibility index (Phi) is 4.97. The number of hydrogen-bond acceptors (Lipinski definition) is 2. The number of carboxylic acid groups (broad SMARTS) is 1. The van der Waals surface area contributed by atoms with E-state index in [1.54, 1.807) is 6.08 Å². The van der Waals surface area contributed by atoms with Crippen molar-refractivity contribution in [3.63, 3.8) is 0 Å². The van der Waals surface area contributed by atoms with Gasteiger partial charge in [0.25, 0.3) is 0 Å². The molecule has 0 bridgehead atoms. The van der Waals surface area contributed by atoms with E-state index in [4.69, 9.17) is 5.11 Å². The van der Waals surface area contributed by atoms with E-state index in [9.17, 15) is 9.90 Å². The van der Waals surface area contributed by atoms with Crippen LogP contribution in [0.1, 0.15) is 19.8 Å². The second kappa shape index (κ2) is 5.28. The summed E-state index contributed by atoms with van der Waals surface area (Å²) in [4.78, 5) is 10.7. The number of nitrogens with zero attached hydrogens (tertiary/aromatic N) is 1. The van der Waals surface area contributed by atoms with Gasteiger partial charge in [0.1, 0.15) is 12.1 Å². The highest BCUT2D eigenvalue weighted by molar-refractivity contribution is 5.68. The van der Waals surface area contributed by atoms with Crippen LogP contribution in [0, 0.1) is 0 Å². The van der Waals surface area contributed by atoms with Crippen LogP contribution < -0.4 is 0 Å². The molecule has 1 unspecified atom stereocenters. The standard InChI is InChI=1S/C11H21NO3/c1-5-6-7-11(15,8-10(13)14)9-12(2,3)4/h5-6,15H,7-9H2,1-4H3/p+1. The molecule has 0 saturated heterocycles. The largest absolute Gasteiger partial charge is 0.481 e. The Morgan fingerprint density at radius 2 is 1.93 bits per heavy atom. The Morgan fingerprint density at radius 1 is 1.40 bits per heavy atom. The summed E-state index contributed by atoms with van der Waals surface area (Å²) in [5, 5.41) is 19.0. The first-order valence-electron chi connectivity index (χ1n) is 5.04. The molecule has 2 N–H and O–H groups in total. The zero-order chi connectivity index (χ0) is 12.1. The number of likely N-dealkylation sites (N-methyl/N-ethyl adjacent to an activating group) is 1. The maximum absolute atomic E-state index is 10.7. The fourth-order valence-electron chi connectivity index (χ4n) is 1.69. The zero-order valence-corrected chi connectivity index (χ0v) is 10.0. The van der Waals surface area contributed by atoms with Crippen molar-refractivity contribution in [2.45, 2.75) is 25.4 Å². The molecule has 0 fully saturated rings.